The highest BCUT2D eigenvalue weighted by Gasteiger charge is 2.35. The Labute approximate surface area is 200 Å². The fourth-order valence-corrected chi connectivity index (χ4v) is 5.86. The molecule has 0 aromatic heterocycles. The zero-order valence-corrected chi connectivity index (χ0v) is 21.0. The maximum Gasteiger partial charge on any atom is 0.0178 e. The van der Waals surface area contributed by atoms with E-state index in [0.29, 0.717) is 0 Å². The van der Waals surface area contributed by atoms with Crippen LogP contribution in [-0.2, 0) is 10.8 Å². The van der Waals surface area contributed by atoms with Crippen LogP contribution in [0.15, 0.2) is 89.4 Å². The average molecular weight is 481 g/mol. The molecule has 32 heavy (non-hydrogen) atoms. The van der Waals surface area contributed by atoms with Gasteiger partial charge in [-0.1, -0.05) is 122 Å². The minimum absolute atomic E-state index is 0.121. The molecule has 0 saturated heterocycles. The third-order valence-electron chi connectivity index (χ3n) is 7.28. The van der Waals surface area contributed by atoms with Crippen LogP contribution in [0.25, 0.3) is 22.3 Å². The summed E-state index contributed by atoms with van der Waals surface area (Å²) in [5, 5.41) is 0. The third kappa shape index (κ3) is 3.18. The van der Waals surface area contributed by atoms with Crippen LogP contribution in [0.2, 0.25) is 0 Å². The van der Waals surface area contributed by atoms with Gasteiger partial charge in [-0.25, -0.2) is 0 Å². The van der Waals surface area contributed by atoms with E-state index in [4.69, 9.17) is 0 Å². The first kappa shape index (κ1) is 21.2. The number of rotatable bonds is 0. The molecule has 0 heterocycles. The topological polar surface area (TPSA) is 0 Å². The minimum Gasteiger partial charge on any atom is -0.0619 e. The van der Waals surface area contributed by atoms with Gasteiger partial charge < -0.3 is 0 Å². The third-order valence-corrected chi connectivity index (χ3v) is 7.78. The largest absolute Gasteiger partial charge is 0.0619 e. The van der Waals surface area contributed by atoms with Crippen molar-refractivity contribution in [1.82, 2.24) is 0 Å². The number of hydrogen-bond acceptors (Lipinski definition) is 0. The molecule has 0 atom stereocenters. The smallest absolute Gasteiger partial charge is 0.0178 e. The Morgan fingerprint density at radius 3 is 1.50 bits per heavy atom. The van der Waals surface area contributed by atoms with Crippen LogP contribution in [-0.4, -0.2) is 0 Å². The molecule has 2 aliphatic rings. The monoisotopic (exact) mass is 480 g/mol. The molecule has 2 aliphatic carbocycles. The number of fused-ring (bicyclic) bond motifs is 6. The van der Waals surface area contributed by atoms with E-state index in [2.05, 4.69) is 135 Å². The summed E-state index contributed by atoms with van der Waals surface area (Å²) >= 11 is 3.56. The molecule has 0 saturated carbocycles. The number of aryl methyl sites for hydroxylation is 1. The Morgan fingerprint density at radius 1 is 0.500 bits per heavy atom. The normalized spacial score (nSPS) is 15.7. The Kier molecular flexibility index (Phi) is 4.94. The van der Waals surface area contributed by atoms with Gasteiger partial charge in [-0.2, -0.15) is 0 Å². The van der Waals surface area contributed by atoms with Crippen molar-refractivity contribution in [3.63, 3.8) is 0 Å². The highest BCUT2D eigenvalue weighted by atomic mass is 79.9. The first-order chi connectivity index (χ1) is 15.2. The molecule has 0 amide bonds. The highest BCUT2D eigenvalue weighted by Crippen LogP contribution is 2.49. The van der Waals surface area contributed by atoms with Crippen LogP contribution in [0, 0.1) is 6.92 Å². The molecule has 4 aromatic rings. The van der Waals surface area contributed by atoms with Gasteiger partial charge in [-0.3, -0.25) is 0 Å². The molecule has 0 N–H and O–H groups in total. The molecular formula is C31H29Br. The summed E-state index contributed by atoms with van der Waals surface area (Å²) in [7, 11) is 0. The highest BCUT2D eigenvalue weighted by molar-refractivity contribution is 9.10. The molecular weight excluding hydrogens is 452 g/mol. The van der Waals surface area contributed by atoms with Crippen LogP contribution in [0.3, 0.4) is 0 Å². The van der Waals surface area contributed by atoms with Gasteiger partial charge >= 0.3 is 0 Å². The maximum atomic E-state index is 3.56. The van der Waals surface area contributed by atoms with E-state index in [1.54, 1.807) is 0 Å². The van der Waals surface area contributed by atoms with E-state index in [1.807, 2.05) is 0 Å². The summed E-state index contributed by atoms with van der Waals surface area (Å²) in [6, 6.07) is 30.8. The molecule has 0 fully saturated rings. The Bertz CT molecular complexity index is 1240. The van der Waals surface area contributed by atoms with E-state index in [0.717, 1.165) is 4.47 Å². The van der Waals surface area contributed by atoms with Crippen molar-refractivity contribution in [2.45, 2.75) is 45.4 Å². The lowest BCUT2D eigenvalue weighted by Crippen LogP contribution is -2.14. The van der Waals surface area contributed by atoms with E-state index < -0.39 is 0 Å². The second-order valence-corrected chi connectivity index (χ2v) is 11.0. The Balaban J connectivity index is 0.000000135. The predicted octanol–water partition coefficient (Wildman–Crippen LogP) is 9.06. The zero-order chi connectivity index (χ0) is 22.7. The van der Waals surface area contributed by atoms with Crippen molar-refractivity contribution in [2.75, 3.05) is 0 Å². The Morgan fingerprint density at radius 2 is 0.938 bits per heavy atom. The molecule has 1 heteroatoms. The van der Waals surface area contributed by atoms with Gasteiger partial charge in [-0.05, 0) is 63.6 Å². The standard InChI is InChI=1S/C16H16.C15H13Br/c1-11-8-9-13-12-6-4-5-7-14(12)16(2,3)15(13)10-11;1-15(2)13-6-4-3-5-11(13)12-8-7-10(16)9-14(12)15/h4-10H,1-3H3;3-9H,1-2H3. The summed E-state index contributed by atoms with van der Waals surface area (Å²) < 4.78 is 1.16. The second kappa shape index (κ2) is 7.46. The van der Waals surface area contributed by atoms with Crippen molar-refractivity contribution < 1.29 is 0 Å². The zero-order valence-electron chi connectivity index (χ0n) is 19.5. The number of hydrogen-bond donors (Lipinski definition) is 0. The molecule has 160 valence electrons. The minimum atomic E-state index is 0.121. The number of benzene rings is 4. The quantitative estimate of drug-likeness (QED) is 0.235. The molecule has 0 aliphatic heterocycles. The van der Waals surface area contributed by atoms with E-state index in [9.17, 15) is 0 Å². The van der Waals surface area contributed by atoms with Gasteiger partial charge in [0.1, 0.15) is 0 Å². The molecule has 6 rings (SSSR count). The van der Waals surface area contributed by atoms with Crippen LogP contribution in [0.4, 0.5) is 0 Å². The van der Waals surface area contributed by atoms with Gasteiger partial charge in [0.05, 0.1) is 0 Å². The van der Waals surface area contributed by atoms with E-state index in [1.165, 1.54) is 50.1 Å². The summed E-state index contributed by atoms with van der Waals surface area (Å²) in [4.78, 5) is 0. The summed E-state index contributed by atoms with van der Waals surface area (Å²) in [5.74, 6) is 0. The molecule has 4 aromatic carbocycles. The lowest BCUT2D eigenvalue weighted by atomic mass is 9.82. The lowest BCUT2D eigenvalue weighted by Gasteiger charge is -2.21. The molecule has 0 unspecified atom stereocenters. The maximum absolute atomic E-state index is 3.56. The van der Waals surface area contributed by atoms with Crippen LogP contribution in [0.1, 0.15) is 55.5 Å². The van der Waals surface area contributed by atoms with Crippen molar-refractivity contribution in [1.29, 1.82) is 0 Å². The SMILES string of the molecule is CC1(C)c2ccccc2-c2ccc(Br)cc21.Cc1ccc2c(c1)C(C)(C)c1ccccc1-2. The van der Waals surface area contributed by atoms with Gasteiger partial charge in [0.15, 0.2) is 0 Å². The first-order valence-corrected chi connectivity index (χ1v) is 12.1. The average Bonchev–Trinajstić information content (AvgIpc) is 3.14. The van der Waals surface area contributed by atoms with Crippen molar-refractivity contribution in [2.24, 2.45) is 0 Å². The van der Waals surface area contributed by atoms with E-state index >= 15 is 0 Å². The van der Waals surface area contributed by atoms with E-state index in [-0.39, 0.29) is 10.8 Å². The number of halogens is 1. The van der Waals surface area contributed by atoms with Gasteiger partial charge in [-0.15, -0.1) is 0 Å². The molecule has 0 spiro atoms. The van der Waals surface area contributed by atoms with Gasteiger partial charge in [0, 0.05) is 15.3 Å². The van der Waals surface area contributed by atoms with Crippen LogP contribution < -0.4 is 0 Å². The summed E-state index contributed by atoms with van der Waals surface area (Å²) in [6.07, 6.45) is 0. The molecule has 0 nitrogen and oxygen atoms in total. The molecule has 0 radical (unpaired) electrons. The molecule has 0 bridgehead atoms. The lowest BCUT2D eigenvalue weighted by molar-refractivity contribution is 0.659. The fraction of sp³-hybridized carbons (Fsp3) is 0.226. The van der Waals surface area contributed by atoms with Gasteiger partial charge in [0.2, 0.25) is 0 Å². The second-order valence-electron chi connectivity index (χ2n) is 10.1. The van der Waals surface area contributed by atoms with Crippen molar-refractivity contribution in [3.05, 3.63) is 117 Å². The summed E-state index contributed by atoms with van der Waals surface area (Å²) in [5.41, 5.74) is 13.0. The Hall–Kier alpha value is -2.64. The first-order valence-electron chi connectivity index (χ1n) is 11.3. The van der Waals surface area contributed by atoms with Crippen LogP contribution in [0.5, 0.6) is 0 Å². The van der Waals surface area contributed by atoms with Crippen LogP contribution >= 0.6 is 15.9 Å². The fourth-order valence-electron chi connectivity index (χ4n) is 5.49. The van der Waals surface area contributed by atoms with Crippen molar-refractivity contribution in [3.8, 4) is 22.3 Å². The summed E-state index contributed by atoms with van der Waals surface area (Å²) in [6.45, 7) is 11.4. The predicted molar refractivity (Wildman–Crippen MR) is 140 cm³/mol. The van der Waals surface area contributed by atoms with Gasteiger partial charge in [0.25, 0.3) is 0 Å². The van der Waals surface area contributed by atoms with Crippen molar-refractivity contribution >= 4 is 15.9 Å².